The second-order valence-electron chi connectivity index (χ2n) is 9.44. The van der Waals surface area contributed by atoms with E-state index < -0.39 is 17.7 Å². The molecule has 0 aromatic heterocycles. The standard InChI is InChI=1S/C27H31F3N4O2.ClH/c1-32-17-22(25(33(2)27(32)36)20-6-9-23(29)24(30)16-20)26(35)31-12-3-13-34-14-10-19(11-15-34)18-4-7-21(28)8-5-18;/h4-9,16-17,19,25H,3,10-15H2,1-2H3,(H,31,35);1H. The third-order valence-electron chi connectivity index (χ3n) is 7.01. The normalized spacial score (nSPS) is 18.9. The summed E-state index contributed by atoms with van der Waals surface area (Å²) >= 11 is 0. The van der Waals surface area contributed by atoms with Crippen LogP contribution in [0.15, 0.2) is 54.2 Å². The maximum atomic E-state index is 13.9. The van der Waals surface area contributed by atoms with Gasteiger partial charge < -0.3 is 20.0 Å². The highest BCUT2D eigenvalue weighted by molar-refractivity contribution is 5.97. The van der Waals surface area contributed by atoms with E-state index >= 15 is 0 Å². The van der Waals surface area contributed by atoms with Crippen LogP contribution < -0.4 is 5.32 Å². The highest BCUT2D eigenvalue weighted by atomic mass is 35.5. The molecule has 3 amide bonds. The van der Waals surface area contributed by atoms with Crippen molar-refractivity contribution in [2.75, 3.05) is 40.3 Å². The first-order chi connectivity index (χ1) is 17.2. The van der Waals surface area contributed by atoms with Crippen LogP contribution in [0.2, 0.25) is 0 Å². The smallest absolute Gasteiger partial charge is 0.324 e. The lowest BCUT2D eigenvalue weighted by Gasteiger charge is -2.37. The van der Waals surface area contributed by atoms with Gasteiger partial charge in [-0.05, 0) is 80.2 Å². The van der Waals surface area contributed by atoms with Crippen molar-refractivity contribution in [2.24, 2.45) is 0 Å². The van der Waals surface area contributed by atoms with Gasteiger partial charge in [0.2, 0.25) is 0 Å². The number of likely N-dealkylation sites (tertiary alicyclic amines) is 1. The molecule has 2 aromatic rings. The summed E-state index contributed by atoms with van der Waals surface area (Å²) in [6.07, 6.45) is 4.21. The van der Waals surface area contributed by atoms with Gasteiger partial charge in [0.25, 0.3) is 5.91 Å². The molecule has 0 bridgehead atoms. The molecule has 2 aliphatic heterocycles. The zero-order valence-electron chi connectivity index (χ0n) is 20.9. The fourth-order valence-electron chi connectivity index (χ4n) is 5.00. The monoisotopic (exact) mass is 536 g/mol. The highest BCUT2D eigenvalue weighted by Gasteiger charge is 2.35. The SMILES string of the molecule is CN1C=C(C(=O)NCCCN2CCC(c3ccc(F)cc3)CC2)C(c2ccc(F)c(F)c2)N(C)C1=O.Cl. The number of carbonyl (C=O) groups is 2. The molecule has 0 spiro atoms. The summed E-state index contributed by atoms with van der Waals surface area (Å²) in [7, 11) is 3.07. The second-order valence-corrected chi connectivity index (χ2v) is 9.44. The molecule has 4 rings (SSSR count). The molecule has 1 unspecified atom stereocenters. The molecule has 6 nitrogen and oxygen atoms in total. The molecule has 2 aliphatic rings. The quantitative estimate of drug-likeness (QED) is 0.516. The summed E-state index contributed by atoms with van der Waals surface area (Å²) in [6.45, 7) is 3.16. The lowest BCUT2D eigenvalue weighted by Crippen LogP contribution is -2.46. The van der Waals surface area contributed by atoms with Crippen molar-refractivity contribution < 1.29 is 22.8 Å². The van der Waals surface area contributed by atoms with Crippen LogP contribution in [0.4, 0.5) is 18.0 Å². The molecule has 0 aliphatic carbocycles. The fraction of sp³-hybridized carbons (Fsp3) is 0.407. The molecule has 0 radical (unpaired) electrons. The molecule has 2 aromatic carbocycles. The van der Waals surface area contributed by atoms with Gasteiger partial charge in [-0.15, -0.1) is 12.4 Å². The van der Waals surface area contributed by atoms with E-state index in [1.807, 2.05) is 12.1 Å². The van der Waals surface area contributed by atoms with Gasteiger partial charge in [0.05, 0.1) is 11.6 Å². The molecule has 0 saturated carbocycles. The van der Waals surface area contributed by atoms with E-state index in [9.17, 15) is 22.8 Å². The van der Waals surface area contributed by atoms with Crippen LogP contribution in [0.5, 0.6) is 0 Å². The largest absolute Gasteiger partial charge is 0.352 e. The van der Waals surface area contributed by atoms with Crippen LogP contribution in [0.3, 0.4) is 0 Å². The molecule has 2 heterocycles. The van der Waals surface area contributed by atoms with Crippen LogP contribution >= 0.6 is 12.4 Å². The van der Waals surface area contributed by atoms with E-state index in [-0.39, 0.29) is 35.7 Å². The maximum Gasteiger partial charge on any atom is 0.324 e. The van der Waals surface area contributed by atoms with Crippen molar-refractivity contribution in [1.29, 1.82) is 0 Å². The summed E-state index contributed by atoms with van der Waals surface area (Å²) in [5, 5.41) is 2.91. The topological polar surface area (TPSA) is 55.9 Å². The Balaban J connectivity index is 0.00000380. The van der Waals surface area contributed by atoms with E-state index in [4.69, 9.17) is 0 Å². The number of urea groups is 1. The number of likely N-dealkylation sites (N-methyl/N-ethyl adjacent to an activating group) is 1. The summed E-state index contributed by atoms with van der Waals surface area (Å²) in [5.41, 5.74) is 1.78. The number of amides is 3. The summed E-state index contributed by atoms with van der Waals surface area (Å²) < 4.78 is 40.5. The Bertz CT molecular complexity index is 1140. The molecule has 1 saturated heterocycles. The minimum atomic E-state index is -1.03. The summed E-state index contributed by atoms with van der Waals surface area (Å²) in [5.74, 6) is -2.16. The molecule has 10 heteroatoms. The Morgan fingerprint density at radius 3 is 2.27 bits per heavy atom. The molecule has 200 valence electrons. The number of benzene rings is 2. The number of nitrogens with zero attached hydrogens (tertiary/aromatic N) is 3. The van der Waals surface area contributed by atoms with Gasteiger partial charge in [0, 0.05) is 26.8 Å². The number of hydrogen-bond acceptors (Lipinski definition) is 3. The number of piperidine rings is 1. The van der Waals surface area contributed by atoms with Crippen LogP contribution in [0.25, 0.3) is 0 Å². The van der Waals surface area contributed by atoms with Crippen molar-refractivity contribution in [2.45, 2.75) is 31.2 Å². The Morgan fingerprint density at radius 1 is 0.973 bits per heavy atom. The van der Waals surface area contributed by atoms with Crippen molar-refractivity contribution in [3.63, 3.8) is 0 Å². The van der Waals surface area contributed by atoms with Crippen molar-refractivity contribution in [3.05, 3.63) is 82.8 Å². The van der Waals surface area contributed by atoms with E-state index in [0.29, 0.717) is 18.0 Å². The van der Waals surface area contributed by atoms with Gasteiger partial charge in [-0.3, -0.25) is 4.79 Å². The maximum absolute atomic E-state index is 13.9. The summed E-state index contributed by atoms with van der Waals surface area (Å²) in [4.78, 5) is 30.5. The highest BCUT2D eigenvalue weighted by Crippen LogP contribution is 2.33. The molecular formula is C27H32ClF3N4O2. The number of rotatable bonds is 7. The van der Waals surface area contributed by atoms with Gasteiger partial charge in [0.15, 0.2) is 11.6 Å². The van der Waals surface area contributed by atoms with E-state index in [1.165, 1.54) is 46.8 Å². The molecular weight excluding hydrogens is 505 g/mol. The average Bonchev–Trinajstić information content (AvgIpc) is 2.87. The first-order valence-corrected chi connectivity index (χ1v) is 12.2. The molecule has 1 atom stereocenters. The predicted octanol–water partition coefficient (Wildman–Crippen LogP) is 4.83. The minimum Gasteiger partial charge on any atom is -0.352 e. The number of halogens is 4. The van der Waals surface area contributed by atoms with Gasteiger partial charge in [-0.1, -0.05) is 18.2 Å². The fourth-order valence-corrected chi connectivity index (χ4v) is 5.00. The predicted molar refractivity (Wildman–Crippen MR) is 138 cm³/mol. The van der Waals surface area contributed by atoms with Gasteiger partial charge >= 0.3 is 6.03 Å². The van der Waals surface area contributed by atoms with Gasteiger partial charge in [0.1, 0.15) is 5.82 Å². The van der Waals surface area contributed by atoms with Crippen LogP contribution in [0, 0.1) is 17.5 Å². The molecule has 1 N–H and O–H groups in total. The number of hydrogen-bond donors (Lipinski definition) is 1. The van der Waals surface area contributed by atoms with E-state index in [1.54, 1.807) is 7.05 Å². The van der Waals surface area contributed by atoms with Crippen molar-refractivity contribution >= 4 is 24.3 Å². The molecule has 1 fully saturated rings. The Hall–Kier alpha value is -3.04. The van der Waals surface area contributed by atoms with Crippen molar-refractivity contribution in [1.82, 2.24) is 20.0 Å². The minimum absolute atomic E-state index is 0. The third kappa shape index (κ3) is 6.64. The first-order valence-electron chi connectivity index (χ1n) is 12.2. The first kappa shape index (κ1) is 28.5. The Morgan fingerprint density at radius 2 is 1.62 bits per heavy atom. The van der Waals surface area contributed by atoms with Crippen molar-refractivity contribution in [3.8, 4) is 0 Å². The van der Waals surface area contributed by atoms with Gasteiger partial charge in [-0.25, -0.2) is 18.0 Å². The lowest BCUT2D eigenvalue weighted by atomic mass is 9.89. The zero-order valence-corrected chi connectivity index (χ0v) is 21.7. The zero-order chi connectivity index (χ0) is 25.8. The second kappa shape index (κ2) is 12.5. The number of nitrogens with one attached hydrogen (secondary N) is 1. The Labute approximate surface area is 221 Å². The third-order valence-corrected chi connectivity index (χ3v) is 7.01. The van der Waals surface area contributed by atoms with E-state index in [0.717, 1.165) is 51.0 Å². The number of carbonyl (C=O) groups excluding carboxylic acids is 2. The van der Waals surface area contributed by atoms with Crippen LogP contribution in [-0.4, -0.2) is 66.9 Å². The molecule has 37 heavy (non-hydrogen) atoms. The van der Waals surface area contributed by atoms with E-state index in [2.05, 4.69) is 10.2 Å². The Kier molecular flexibility index (Phi) is 9.62. The van der Waals surface area contributed by atoms with Gasteiger partial charge in [-0.2, -0.15) is 0 Å². The van der Waals surface area contributed by atoms with Crippen LogP contribution in [-0.2, 0) is 4.79 Å². The lowest BCUT2D eigenvalue weighted by molar-refractivity contribution is -0.118. The summed E-state index contributed by atoms with van der Waals surface area (Å²) in [6, 6.07) is 8.96. The van der Waals surface area contributed by atoms with Crippen LogP contribution in [0.1, 0.15) is 42.3 Å². The average molecular weight is 537 g/mol.